The second kappa shape index (κ2) is 4.08. The first-order chi connectivity index (χ1) is 7.82. The van der Waals surface area contributed by atoms with Gasteiger partial charge in [0, 0.05) is 32.4 Å². The molecule has 6 nitrogen and oxygen atoms in total. The molecule has 1 aliphatic heterocycles. The van der Waals surface area contributed by atoms with Gasteiger partial charge in [0.15, 0.2) is 5.03 Å². The molecular weight excluding hydrogens is 240 g/mol. The quantitative estimate of drug-likeness (QED) is 0.789. The molecule has 0 aliphatic carbocycles. The molecule has 1 aromatic rings. The van der Waals surface area contributed by atoms with Gasteiger partial charge in [0.25, 0.3) is 10.0 Å². The standard InChI is InChI=1S/C10H18N4O2S/c1-7-4-14(5-9(7)11)17(15,16)10-6-13(3)8(2)12-10/h6-7,9H,4-5,11H2,1-3H3. The van der Waals surface area contributed by atoms with Gasteiger partial charge in [-0.1, -0.05) is 6.92 Å². The highest BCUT2D eigenvalue weighted by molar-refractivity contribution is 7.89. The fourth-order valence-electron chi connectivity index (χ4n) is 1.93. The zero-order valence-corrected chi connectivity index (χ0v) is 11.1. The van der Waals surface area contributed by atoms with E-state index in [1.165, 1.54) is 4.31 Å². The molecule has 2 heterocycles. The van der Waals surface area contributed by atoms with Crippen LogP contribution in [0.2, 0.25) is 0 Å². The van der Waals surface area contributed by atoms with Gasteiger partial charge in [0.1, 0.15) is 5.82 Å². The van der Waals surface area contributed by atoms with Crippen molar-refractivity contribution in [3.05, 3.63) is 12.0 Å². The summed E-state index contributed by atoms with van der Waals surface area (Å²) in [5.74, 6) is 0.870. The van der Waals surface area contributed by atoms with Crippen LogP contribution in [0.25, 0.3) is 0 Å². The number of aryl methyl sites for hydroxylation is 2. The third kappa shape index (κ3) is 2.10. The molecule has 2 atom stereocenters. The molecular formula is C10H18N4O2S. The number of hydrogen-bond acceptors (Lipinski definition) is 4. The highest BCUT2D eigenvalue weighted by Crippen LogP contribution is 2.22. The molecule has 0 amide bonds. The molecule has 0 bridgehead atoms. The van der Waals surface area contributed by atoms with Crippen molar-refractivity contribution in [2.75, 3.05) is 13.1 Å². The number of sulfonamides is 1. The van der Waals surface area contributed by atoms with E-state index in [9.17, 15) is 8.42 Å². The summed E-state index contributed by atoms with van der Waals surface area (Å²) in [6.07, 6.45) is 1.54. The van der Waals surface area contributed by atoms with E-state index in [1.54, 1.807) is 24.7 Å². The summed E-state index contributed by atoms with van der Waals surface area (Å²) in [5.41, 5.74) is 5.85. The lowest BCUT2D eigenvalue weighted by molar-refractivity contribution is 0.462. The molecule has 1 aliphatic rings. The third-order valence-electron chi connectivity index (χ3n) is 3.33. The summed E-state index contributed by atoms with van der Waals surface area (Å²) in [7, 11) is -1.71. The van der Waals surface area contributed by atoms with Gasteiger partial charge in [-0.3, -0.25) is 0 Å². The van der Waals surface area contributed by atoms with E-state index in [1.807, 2.05) is 6.92 Å². The fraction of sp³-hybridized carbons (Fsp3) is 0.700. The van der Waals surface area contributed by atoms with E-state index in [2.05, 4.69) is 4.98 Å². The maximum Gasteiger partial charge on any atom is 0.262 e. The molecule has 7 heteroatoms. The van der Waals surface area contributed by atoms with E-state index in [-0.39, 0.29) is 17.0 Å². The van der Waals surface area contributed by atoms with Crippen molar-refractivity contribution in [1.82, 2.24) is 13.9 Å². The molecule has 0 radical (unpaired) electrons. The minimum atomic E-state index is -3.48. The molecule has 0 aromatic carbocycles. The summed E-state index contributed by atoms with van der Waals surface area (Å²) >= 11 is 0. The lowest BCUT2D eigenvalue weighted by Crippen LogP contribution is -2.32. The average molecular weight is 258 g/mol. The largest absolute Gasteiger partial charge is 0.337 e. The van der Waals surface area contributed by atoms with Crippen molar-refractivity contribution >= 4 is 10.0 Å². The Balaban J connectivity index is 2.31. The second-order valence-corrected chi connectivity index (χ2v) is 6.59. The minimum absolute atomic E-state index is 0.0883. The number of rotatable bonds is 2. The second-order valence-electron chi connectivity index (χ2n) is 4.70. The molecule has 96 valence electrons. The van der Waals surface area contributed by atoms with Crippen LogP contribution in [0, 0.1) is 12.8 Å². The zero-order valence-electron chi connectivity index (χ0n) is 10.3. The maximum absolute atomic E-state index is 12.3. The van der Waals surface area contributed by atoms with Crippen LogP contribution >= 0.6 is 0 Å². The molecule has 1 saturated heterocycles. The summed E-state index contributed by atoms with van der Waals surface area (Å²) in [6, 6.07) is -0.0883. The van der Waals surface area contributed by atoms with Gasteiger partial charge < -0.3 is 10.3 Å². The van der Waals surface area contributed by atoms with E-state index in [0.29, 0.717) is 18.9 Å². The Kier molecular flexibility index (Phi) is 3.01. The SMILES string of the molecule is Cc1nc(S(=O)(=O)N2CC(C)C(N)C2)cn1C. The monoisotopic (exact) mass is 258 g/mol. The normalized spacial score (nSPS) is 26.6. The number of aromatic nitrogens is 2. The van der Waals surface area contributed by atoms with Gasteiger partial charge in [-0.05, 0) is 12.8 Å². The van der Waals surface area contributed by atoms with Crippen molar-refractivity contribution in [1.29, 1.82) is 0 Å². The summed E-state index contributed by atoms with van der Waals surface area (Å²) in [6.45, 7) is 4.58. The zero-order chi connectivity index (χ0) is 12.8. The smallest absolute Gasteiger partial charge is 0.262 e. The minimum Gasteiger partial charge on any atom is -0.337 e. The van der Waals surface area contributed by atoms with E-state index in [4.69, 9.17) is 5.73 Å². The first kappa shape index (κ1) is 12.5. The fourth-order valence-corrected chi connectivity index (χ4v) is 3.53. The first-order valence-electron chi connectivity index (χ1n) is 5.58. The first-order valence-corrected chi connectivity index (χ1v) is 7.02. The Hall–Kier alpha value is -0.920. The average Bonchev–Trinajstić information content (AvgIpc) is 2.74. The Labute approximate surface area is 101 Å². The van der Waals surface area contributed by atoms with Crippen LogP contribution in [-0.4, -0.2) is 41.4 Å². The van der Waals surface area contributed by atoms with Crippen LogP contribution in [0.1, 0.15) is 12.7 Å². The van der Waals surface area contributed by atoms with Crippen LogP contribution in [-0.2, 0) is 17.1 Å². The van der Waals surface area contributed by atoms with Gasteiger partial charge in [0.2, 0.25) is 0 Å². The molecule has 1 fully saturated rings. The maximum atomic E-state index is 12.3. The number of nitrogens with zero attached hydrogens (tertiary/aromatic N) is 3. The number of imidazole rings is 1. The van der Waals surface area contributed by atoms with Crippen molar-refractivity contribution in [3.8, 4) is 0 Å². The lowest BCUT2D eigenvalue weighted by Gasteiger charge is -2.13. The van der Waals surface area contributed by atoms with E-state index in [0.717, 1.165) is 0 Å². The Morgan fingerprint density at radius 2 is 2.12 bits per heavy atom. The van der Waals surface area contributed by atoms with Gasteiger partial charge in [-0.25, -0.2) is 13.4 Å². The third-order valence-corrected chi connectivity index (χ3v) is 5.03. The molecule has 2 N–H and O–H groups in total. The van der Waals surface area contributed by atoms with Gasteiger partial charge in [-0.2, -0.15) is 4.31 Å². The van der Waals surface area contributed by atoms with Gasteiger partial charge in [-0.15, -0.1) is 0 Å². The van der Waals surface area contributed by atoms with Crippen molar-refractivity contribution < 1.29 is 8.42 Å². The molecule has 2 unspecified atom stereocenters. The van der Waals surface area contributed by atoms with Crippen LogP contribution in [0.15, 0.2) is 11.2 Å². The number of nitrogens with two attached hydrogens (primary N) is 1. The van der Waals surface area contributed by atoms with Crippen molar-refractivity contribution in [2.45, 2.75) is 24.9 Å². The highest BCUT2D eigenvalue weighted by atomic mass is 32.2. The van der Waals surface area contributed by atoms with Crippen LogP contribution < -0.4 is 5.73 Å². The summed E-state index contributed by atoms with van der Waals surface area (Å²) in [5, 5.41) is 0.110. The van der Waals surface area contributed by atoms with Crippen LogP contribution in [0.4, 0.5) is 0 Å². The van der Waals surface area contributed by atoms with Gasteiger partial charge >= 0.3 is 0 Å². The predicted molar refractivity (Wildman–Crippen MR) is 63.8 cm³/mol. The van der Waals surface area contributed by atoms with Gasteiger partial charge in [0.05, 0.1) is 0 Å². The molecule has 0 spiro atoms. The molecule has 1 aromatic heterocycles. The Morgan fingerprint density at radius 1 is 1.47 bits per heavy atom. The Morgan fingerprint density at radius 3 is 2.53 bits per heavy atom. The molecule has 17 heavy (non-hydrogen) atoms. The van der Waals surface area contributed by atoms with Crippen molar-refractivity contribution in [3.63, 3.8) is 0 Å². The number of hydrogen-bond donors (Lipinski definition) is 1. The van der Waals surface area contributed by atoms with Crippen LogP contribution in [0.3, 0.4) is 0 Å². The topological polar surface area (TPSA) is 81.2 Å². The molecule has 0 saturated carbocycles. The van der Waals surface area contributed by atoms with E-state index < -0.39 is 10.0 Å². The Bertz CT molecular complexity index is 493. The van der Waals surface area contributed by atoms with Crippen LogP contribution in [0.5, 0.6) is 0 Å². The van der Waals surface area contributed by atoms with Crippen molar-refractivity contribution in [2.24, 2.45) is 18.7 Å². The lowest BCUT2D eigenvalue weighted by atomic mass is 10.1. The van der Waals surface area contributed by atoms with E-state index >= 15 is 0 Å². The predicted octanol–water partition coefficient (Wildman–Crippen LogP) is -0.304. The summed E-state index contributed by atoms with van der Waals surface area (Å²) in [4.78, 5) is 4.07. The highest BCUT2D eigenvalue weighted by Gasteiger charge is 2.36. The summed E-state index contributed by atoms with van der Waals surface area (Å²) < 4.78 is 27.7. The molecule has 2 rings (SSSR count).